The van der Waals surface area contributed by atoms with Crippen molar-refractivity contribution in [1.82, 2.24) is 9.80 Å². The van der Waals surface area contributed by atoms with Crippen LogP contribution in [0.4, 0.5) is 4.39 Å². The summed E-state index contributed by atoms with van der Waals surface area (Å²) in [7, 11) is 0. The van der Waals surface area contributed by atoms with Gasteiger partial charge in [0.05, 0.1) is 13.3 Å². The highest BCUT2D eigenvalue weighted by atomic mass is 19.1. The lowest BCUT2D eigenvalue weighted by atomic mass is 10.1. The van der Waals surface area contributed by atoms with E-state index in [4.69, 9.17) is 4.74 Å². The number of hydrogen-bond acceptors (Lipinski definition) is 3. The first-order valence-corrected chi connectivity index (χ1v) is 10.1. The van der Waals surface area contributed by atoms with Gasteiger partial charge in [0.25, 0.3) is 5.91 Å². The van der Waals surface area contributed by atoms with Gasteiger partial charge in [-0.1, -0.05) is 6.42 Å². The lowest BCUT2D eigenvalue weighted by Gasteiger charge is -2.33. The van der Waals surface area contributed by atoms with Crippen LogP contribution in [0, 0.1) is 0 Å². The fraction of sp³-hybridized carbons (Fsp3) is 0.667. The second kappa shape index (κ2) is 9.91. The van der Waals surface area contributed by atoms with Crippen LogP contribution in [0.2, 0.25) is 0 Å². The lowest BCUT2D eigenvalue weighted by Crippen LogP contribution is -2.44. The highest BCUT2D eigenvalue weighted by molar-refractivity contribution is 5.94. The Labute approximate surface area is 156 Å². The van der Waals surface area contributed by atoms with Gasteiger partial charge in [-0.2, -0.15) is 0 Å². The second-order valence-corrected chi connectivity index (χ2v) is 7.42. The molecule has 2 heterocycles. The van der Waals surface area contributed by atoms with Crippen molar-refractivity contribution in [2.24, 2.45) is 0 Å². The summed E-state index contributed by atoms with van der Waals surface area (Å²) in [6, 6.07) is 7.74. The molecule has 0 aromatic heterocycles. The molecule has 1 unspecified atom stereocenters. The molecule has 5 heteroatoms. The van der Waals surface area contributed by atoms with Crippen molar-refractivity contribution in [3.8, 4) is 5.75 Å². The number of carbonyl (C=O) groups excluding carboxylic acids is 1. The lowest BCUT2D eigenvalue weighted by molar-refractivity contribution is 0.0690. The van der Waals surface area contributed by atoms with Crippen LogP contribution in [-0.4, -0.2) is 61.2 Å². The molecule has 1 aromatic carbocycles. The quantitative estimate of drug-likeness (QED) is 0.658. The van der Waals surface area contributed by atoms with Gasteiger partial charge in [0.2, 0.25) is 0 Å². The third kappa shape index (κ3) is 5.19. The molecule has 2 fully saturated rings. The number of halogens is 1. The Bertz CT molecular complexity index is 558. The SMILES string of the molecule is O=C(c1ccc(OCCCCF)cc1)N1CCCC1CN1CCCCC1. The molecule has 1 amide bonds. The van der Waals surface area contributed by atoms with E-state index in [2.05, 4.69) is 9.80 Å². The van der Waals surface area contributed by atoms with Gasteiger partial charge in [-0.3, -0.25) is 9.18 Å². The first kappa shape index (κ1) is 19.2. The number of hydrogen-bond donors (Lipinski definition) is 0. The third-order valence-corrected chi connectivity index (χ3v) is 5.45. The minimum absolute atomic E-state index is 0.133. The van der Waals surface area contributed by atoms with Crippen LogP contribution in [0.15, 0.2) is 24.3 Å². The molecular weight excluding hydrogens is 331 g/mol. The summed E-state index contributed by atoms with van der Waals surface area (Å²) < 4.78 is 17.7. The molecule has 2 aliphatic heterocycles. The van der Waals surface area contributed by atoms with Gasteiger partial charge in [-0.05, 0) is 75.9 Å². The summed E-state index contributed by atoms with van der Waals surface area (Å²) in [6.45, 7) is 4.44. The van der Waals surface area contributed by atoms with Gasteiger partial charge in [0.15, 0.2) is 0 Å². The Hall–Kier alpha value is -1.62. The van der Waals surface area contributed by atoms with Crippen LogP contribution in [0.3, 0.4) is 0 Å². The number of nitrogens with zero attached hydrogens (tertiary/aromatic N) is 2. The first-order chi connectivity index (χ1) is 12.8. The predicted octanol–water partition coefficient (Wildman–Crippen LogP) is 3.91. The average Bonchev–Trinajstić information content (AvgIpc) is 3.14. The Balaban J connectivity index is 1.53. The monoisotopic (exact) mass is 362 g/mol. The number of carbonyl (C=O) groups is 1. The molecule has 0 radical (unpaired) electrons. The van der Waals surface area contributed by atoms with E-state index in [1.807, 2.05) is 24.3 Å². The molecule has 26 heavy (non-hydrogen) atoms. The topological polar surface area (TPSA) is 32.8 Å². The van der Waals surface area contributed by atoms with E-state index in [9.17, 15) is 9.18 Å². The van der Waals surface area contributed by atoms with E-state index in [0.717, 1.165) is 37.2 Å². The van der Waals surface area contributed by atoms with E-state index in [1.54, 1.807) is 0 Å². The van der Waals surface area contributed by atoms with Crippen molar-refractivity contribution in [2.75, 3.05) is 39.5 Å². The van der Waals surface area contributed by atoms with E-state index in [1.165, 1.54) is 32.4 Å². The van der Waals surface area contributed by atoms with Crippen molar-refractivity contribution < 1.29 is 13.9 Å². The molecule has 1 aromatic rings. The fourth-order valence-electron chi connectivity index (χ4n) is 3.98. The number of unbranched alkanes of at least 4 members (excludes halogenated alkanes) is 1. The molecule has 0 aliphatic carbocycles. The highest BCUT2D eigenvalue weighted by Crippen LogP contribution is 2.23. The minimum Gasteiger partial charge on any atom is -0.494 e. The maximum atomic E-state index is 12.9. The minimum atomic E-state index is -0.300. The largest absolute Gasteiger partial charge is 0.494 e. The number of alkyl halides is 1. The Morgan fingerprint density at radius 3 is 2.54 bits per heavy atom. The molecule has 4 nitrogen and oxygen atoms in total. The van der Waals surface area contributed by atoms with Crippen molar-refractivity contribution in [3.63, 3.8) is 0 Å². The van der Waals surface area contributed by atoms with Crippen molar-refractivity contribution >= 4 is 5.91 Å². The zero-order valence-electron chi connectivity index (χ0n) is 15.7. The molecular formula is C21H31FN2O2. The third-order valence-electron chi connectivity index (χ3n) is 5.45. The summed E-state index contributed by atoms with van der Waals surface area (Å²) in [4.78, 5) is 17.5. The number of rotatable bonds is 8. The maximum Gasteiger partial charge on any atom is 0.254 e. The molecule has 2 aliphatic rings. The van der Waals surface area contributed by atoms with Gasteiger partial charge >= 0.3 is 0 Å². The molecule has 144 valence electrons. The van der Waals surface area contributed by atoms with Crippen LogP contribution in [-0.2, 0) is 0 Å². The normalized spacial score (nSPS) is 21.1. The smallest absolute Gasteiger partial charge is 0.254 e. The van der Waals surface area contributed by atoms with Crippen LogP contribution < -0.4 is 4.74 Å². The maximum absolute atomic E-state index is 12.9. The van der Waals surface area contributed by atoms with Gasteiger partial charge < -0.3 is 14.5 Å². The predicted molar refractivity (Wildman–Crippen MR) is 101 cm³/mol. The number of likely N-dealkylation sites (tertiary alicyclic amines) is 2. The van der Waals surface area contributed by atoms with E-state index in [0.29, 0.717) is 25.5 Å². The molecule has 3 rings (SSSR count). The molecule has 0 spiro atoms. The van der Waals surface area contributed by atoms with Crippen LogP contribution >= 0.6 is 0 Å². The standard InChI is InChI=1S/C21H31FN2O2/c22-12-2-5-16-26-20-10-8-18(9-11-20)21(25)24-15-6-7-19(24)17-23-13-3-1-4-14-23/h8-11,19H,1-7,12-17H2. The zero-order valence-corrected chi connectivity index (χ0v) is 15.7. The summed E-state index contributed by atoms with van der Waals surface area (Å²) in [5.74, 6) is 0.875. The molecule has 0 saturated carbocycles. The number of piperidine rings is 1. The average molecular weight is 362 g/mol. The van der Waals surface area contributed by atoms with Gasteiger partial charge in [-0.25, -0.2) is 0 Å². The Morgan fingerprint density at radius 2 is 1.81 bits per heavy atom. The molecule has 1 atom stereocenters. The van der Waals surface area contributed by atoms with Crippen molar-refractivity contribution in [2.45, 2.75) is 51.0 Å². The first-order valence-electron chi connectivity index (χ1n) is 10.1. The summed E-state index contributed by atoms with van der Waals surface area (Å²) in [5, 5.41) is 0. The number of ether oxygens (including phenoxy) is 1. The number of amides is 1. The van der Waals surface area contributed by atoms with E-state index >= 15 is 0 Å². The van der Waals surface area contributed by atoms with E-state index < -0.39 is 0 Å². The van der Waals surface area contributed by atoms with Crippen molar-refractivity contribution in [1.29, 1.82) is 0 Å². The summed E-state index contributed by atoms with van der Waals surface area (Å²) >= 11 is 0. The highest BCUT2D eigenvalue weighted by Gasteiger charge is 2.31. The number of benzene rings is 1. The second-order valence-electron chi connectivity index (χ2n) is 7.42. The molecule has 2 saturated heterocycles. The van der Waals surface area contributed by atoms with Crippen LogP contribution in [0.1, 0.15) is 55.3 Å². The Kier molecular flexibility index (Phi) is 7.30. The molecule has 0 N–H and O–H groups in total. The van der Waals surface area contributed by atoms with Gasteiger partial charge in [0.1, 0.15) is 5.75 Å². The molecule has 0 bridgehead atoms. The summed E-state index contributed by atoms with van der Waals surface area (Å²) in [6.07, 6.45) is 7.36. The Morgan fingerprint density at radius 1 is 1.04 bits per heavy atom. The van der Waals surface area contributed by atoms with Gasteiger partial charge in [-0.15, -0.1) is 0 Å². The van der Waals surface area contributed by atoms with Gasteiger partial charge in [0, 0.05) is 24.7 Å². The fourth-order valence-corrected chi connectivity index (χ4v) is 3.98. The van der Waals surface area contributed by atoms with Crippen molar-refractivity contribution in [3.05, 3.63) is 29.8 Å². The zero-order chi connectivity index (χ0) is 18.2. The van der Waals surface area contributed by atoms with Crippen LogP contribution in [0.5, 0.6) is 5.75 Å². The van der Waals surface area contributed by atoms with E-state index in [-0.39, 0.29) is 12.6 Å². The summed E-state index contributed by atoms with van der Waals surface area (Å²) in [5.41, 5.74) is 0.728. The van der Waals surface area contributed by atoms with Crippen LogP contribution in [0.25, 0.3) is 0 Å².